The van der Waals surface area contributed by atoms with E-state index < -0.39 is 33.3 Å². The number of rotatable bonds is 12. The molecule has 0 aromatic rings. The molecule has 4 nitrogen and oxygen atoms in total. The zero-order chi connectivity index (χ0) is 32.8. The van der Waals surface area contributed by atoms with Crippen LogP contribution in [0, 0.1) is 0 Å². The molecule has 0 rings (SSSR count). The van der Waals surface area contributed by atoms with Crippen LogP contribution >= 0.6 is 0 Å². The average Bonchev–Trinajstić information content (AvgIpc) is 2.71. The Morgan fingerprint density at radius 3 is 0.800 bits per heavy atom. The van der Waals surface area contributed by atoms with Gasteiger partial charge in [-0.25, -0.2) is 0 Å². The van der Waals surface area contributed by atoms with E-state index in [1.54, 1.807) is 0 Å². The highest BCUT2D eigenvalue weighted by molar-refractivity contribution is 6.75. The Hall–Kier alpha value is 0.188. The quantitative estimate of drug-likeness (QED) is 0.158. The van der Waals surface area contributed by atoms with Gasteiger partial charge in [0.25, 0.3) is 0 Å². The molecule has 2 unspecified atom stereocenters. The molecule has 0 aliphatic rings. The third kappa shape index (κ3) is 13.7. The number of hydrogen-bond acceptors (Lipinski definition) is 4. The van der Waals surface area contributed by atoms with Gasteiger partial charge in [-0.1, -0.05) is 95.2 Å². The highest BCUT2D eigenvalue weighted by Crippen LogP contribution is 2.40. The van der Waals surface area contributed by atoms with Gasteiger partial charge < -0.3 is 17.7 Å². The van der Waals surface area contributed by atoms with Crippen molar-refractivity contribution >= 4 is 33.3 Å². The maximum Gasteiger partial charge on any atom is 0.192 e. The second kappa shape index (κ2) is 14.8. The molecule has 0 aliphatic carbocycles. The van der Waals surface area contributed by atoms with Crippen molar-refractivity contribution in [3.8, 4) is 0 Å². The van der Waals surface area contributed by atoms with Crippen LogP contribution < -0.4 is 0 Å². The Morgan fingerprint density at radius 1 is 0.450 bits per heavy atom. The summed E-state index contributed by atoms with van der Waals surface area (Å²) in [6.45, 7) is 54.4. The Morgan fingerprint density at radius 2 is 0.650 bits per heavy atom. The van der Waals surface area contributed by atoms with Gasteiger partial charge in [0.1, 0.15) is 0 Å². The molecular formula is C32H72O4Si4. The Bertz CT molecular complexity index is 711. The lowest BCUT2D eigenvalue weighted by Crippen LogP contribution is -2.47. The molecule has 0 saturated heterocycles. The largest absolute Gasteiger partial charge is 0.414 e. The lowest BCUT2D eigenvalue weighted by Gasteiger charge is -2.41. The van der Waals surface area contributed by atoms with Gasteiger partial charge >= 0.3 is 0 Å². The monoisotopic (exact) mass is 632 g/mol. The van der Waals surface area contributed by atoms with Crippen molar-refractivity contribution in [3.63, 3.8) is 0 Å². The van der Waals surface area contributed by atoms with E-state index in [4.69, 9.17) is 17.7 Å². The molecule has 2 atom stereocenters. The minimum atomic E-state index is -1.77. The third-order valence-electron chi connectivity index (χ3n) is 9.86. The first-order chi connectivity index (χ1) is 17.3. The van der Waals surface area contributed by atoms with Crippen LogP contribution in [0.1, 0.15) is 83.1 Å². The highest BCUT2D eigenvalue weighted by Gasteiger charge is 2.42. The molecule has 0 bridgehead atoms. The van der Waals surface area contributed by atoms with Crippen molar-refractivity contribution < 1.29 is 17.7 Å². The lowest BCUT2D eigenvalue weighted by molar-refractivity contribution is 0.141. The second-order valence-corrected chi connectivity index (χ2v) is 36.6. The first-order valence-electron chi connectivity index (χ1n) is 15.2. The first kappa shape index (κ1) is 42.3. The summed E-state index contributed by atoms with van der Waals surface area (Å²) in [7, 11) is -6.97. The van der Waals surface area contributed by atoms with Crippen molar-refractivity contribution in [3.05, 3.63) is 25.3 Å². The molecule has 0 aromatic heterocycles. The summed E-state index contributed by atoms with van der Waals surface area (Å²) in [6, 6.07) is 0. The van der Waals surface area contributed by atoms with Crippen LogP contribution in [0.25, 0.3) is 0 Å². The molecule has 0 N–H and O–H groups in total. The van der Waals surface area contributed by atoms with E-state index >= 15 is 0 Å². The standard InChI is InChI=1S/2C16H36O2Si2/c2*1-12-14(18-20(10,11)16(5,6)7)13-17-19(8,9)15(2,3)4/h2*12,14H,1,13H2,2-11H3. The van der Waals surface area contributed by atoms with Crippen LogP contribution in [0.15, 0.2) is 25.3 Å². The fourth-order valence-corrected chi connectivity index (χ4v) is 7.00. The average molecular weight is 633 g/mol. The minimum Gasteiger partial charge on any atom is -0.414 e. The Labute approximate surface area is 256 Å². The van der Waals surface area contributed by atoms with Crippen LogP contribution in [-0.4, -0.2) is 58.7 Å². The van der Waals surface area contributed by atoms with E-state index in [-0.39, 0.29) is 32.4 Å². The summed E-state index contributed by atoms with van der Waals surface area (Å²) in [5, 5.41) is 0.891. The van der Waals surface area contributed by atoms with E-state index in [1.807, 2.05) is 12.2 Å². The normalized spacial score (nSPS) is 16.1. The van der Waals surface area contributed by atoms with Crippen LogP contribution in [-0.2, 0) is 17.7 Å². The summed E-state index contributed by atoms with van der Waals surface area (Å²) in [6.07, 6.45) is 3.80. The van der Waals surface area contributed by atoms with Crippen LogP contribution in [0.3, 0.4) is 0 Å². The van der Waals surface area contributed by atoms with Gasteiger partial charge in [-0.15, -0.1) is 13.2 Å². The summed E-state index contributed by atoms with van der Waals surface area (Å²) in [4.78, 5) is 0. The lowest BCUT2D eigenvalue weighted by atomic mass is 10.2. The van der Waals surface area contributed by atoms with Crippen molar-refractivity contribution in [1.29, 1.82) is 0 Å². The molecule has 0 aliphatic heterocycles. The van der Waals surface area contributed by atoms with E-state index in [2.05, 4.69) is 149 Å². The van der Waals surface area contributed by atoms with Crippen LogP contribution in [0.5, 0.6) is 0 Å². The molecule has 240 valence electrons. The smallest absolute Gasteiger partial charge is 0.192 e. The first-order valence-corrected chi connectivity index (χ1v) is 26.8. The zero-order valence-electron chi connectivity index (χ0n) is 30.8. The Balaban J connectivity index is 0. The zero-order valence-corrected chi connectivity index (χ0v) is 34.8. The molecular weight excluding hydrogens is 561 g/mol. The van der Waals surface area contributed by atoms with Crippen LogP contribution in [0.2, 0.25) is 72.5 Å². The van der Waals surface area contributed by atoms with Gasteiger partial charge in [0.2, 0.25) is 0 Å². The molecule has 40 heavy (non-hydrogen) atoms. The SMILES string of the molecule is C=CC(CO[Si](C)(C)C(C)(C)C)O[Si](C)(C)C(C)(C)C.C=CC(CO[Si](C)(C)C(C)(C)C)O[Si](C)(C)C(C)(C)C. The molecule has 8 heteroatoms. The van der Waals surface area contributed by atoms with E-state index in [1.165, 1.54) is 0 Å². The van der Waals surface area contributed by atoms with Gasteiger partial charge in [-0.3, -0.25) is 0 Å². The van der Waals surface area contributed by atoms with Crippen molar-refractivity contribution in [1.82, 2.24) is 0 Å². The van der Waals surface area contributed by atoms with Crippen molar-refractivity contribution in [2.45, 2.75) is 168 Å². The van der Waals surface area contributed by atoms with Gasteiger partial charge in [0.15, 0.2) is 33.3 Å². The predicted octanol–water partition coefficient (Wildman–Crippen LogP) is 11.2. The maximum absolute atomic E-state index is 6.38. The summed E-state index contributed by atoms with van der Waals surface area (Å²) >= 11 is 0. The fraction of sp³-hybridized carbons (Fsp3) is 0.875. The van der Waals surface area contributed by atoms with Gasteiger partial charge in [0, 0.05) is 0 Å². The molecule has 0 heterocycles. The topological polar surface area (TPSA) is 36.9 Å². The number of hydrogen-bond donors (Lipinski definition) is 0. The van der Waals surface area contributed by atoms with E-state index in [0.29, 0.717) is 13.2 Å². The maximum atomic E-state index is 6.38. The highest BCUT2D eigenvalue weighted by atomic mass is 28.4. The predicted molar refractivity (Wildman–Crippen MR) is 191 cm³/mol. The van der Waals surface area contributed by atoms with E-state index in [0.717, 1.165) is 0 Å². The molecule has 0 amide bonds. The molecule has 0 spiro atoms. The van der Waals surface area contributed by atoms with Gasteiger partial charge in [-0.2, -0.15) is 0 Å². The molecule has 0 radical (unpaired) electrons. The summed E-state index contributed by atoms with van der Waals surface area (Å²) in [5.74, 6) is 0. The molecule has 0 saturated carbocycles. The van der Waals surface area contributed by atoms with Gasteiger partial charge in [0.05, 0.1) is 25.4 Å². The summed E-state index contributed by atoms with van der Waals surface area (Å²) < 4.78 is 25.3. The third-order valence-corrected chi connectivity index (χ3v) is 27.9. The van der Waals surface area contributed by atoms with Crippen LogP contribution in [0.4, 0.5) is 0 Å². The molecule has 0 fully saturated rings. The fourth-order valence-electron chi connectivity index (χ4n) is 2.42. The minimum absolute atomic E-state index is 0.00465. The Kier molecular flexibility index (Phi) is 15.6. The molecule has 0 aromatic carbocycles. The van der Waals surface area contributed by atoms with Crippen molar-refractivity contribution in [2.24, 2.45) is 0 Å². The van der Waals surface area contributed by atoms with E-state index in [9.17, 15) is 0 Å². The summed E-state index contributed by atoms with van der Waals surface area (Å²) in [5.41, 5.74) is 0. The van der Waals surface area contributed by atoms with Gasteiger partial charge in [-0.05, 0) is 72.5 Å². The second-order valence-electron chi connectivity index (χ2n) is 17.4. The van der Waals surface area contributed by atoms with Crippen molar-refractivity contribution in [2.75, 3.05) is 13.2 Å².